The highest BCUT2D eigenvalue weighted by Gasteiger charge is 2.36. The van der Waals surface area contributed by atoms with E-state index in [0.29, 0.717) is 24.6 Å². The lowest BCUT2D eigenvalue weighted by Gasteiger charge is -2.39. The van der Waals surface area contributed by atoms with Crippen LogP contribution < -0.4 is 11.5 Å². The maximum absolute atomic E-state index is 11.7. The molecule has 1 aliphatic rings. The monoisotopic (exact) mass is 253 g/mol. The second-order valence-electron chi connectivity index (χ2n) is 5.47. The van der Waals surface area contributed by atoms with Crippen molar-refractivity contribution in [3.05, 3.63) is 6.20 Å². The van der Waals surface area contributed by atoms with E-state index in [0.717, 1.165) is 0 Å². The van der Waals surface area contributed by atoms with Gasteiger partial charge in [-0.05, 0) is 20.8 Å². The predicted molar refractivity (Wildman–Crippen MR) is 67.9 cm³/mol. The molecule has 1 aliphatic heterocycles. The first kappa shape index (κ1) is 12.5. The van der Waals surface area contributed by atoms with Crippen LogP contribution in [-0.4, -0.2) is 39.5 Å². The van der Waals surface area contributed by atoms with Crippen molar-refractivity contribution in [2.45, 2.75) is 32.4 Å². The molecule has 2 rings (SSSR count). The van der Waals surface area contributed by atoms with Gasteiger partial charge in [-0.15, -0.1) is 0 Å². The Labute approximate surface area is 106 Å². The van der Waals surface area contributed by atoms with Gasteiger partial charge in [-0.1, -0.05) is 0 Å². The summed E-state index contributed by atoms with van der Waals surface area (Å²) in [5, 5.41) is 4.09. The van der Waals surface area contributed by atoms with Crippen LogP contribution in [0.3, 0.4) is 0 Å². The number of ether oxygens (including phenoxy) is 1. The third-order valence-electron chi connectivity index (χ3n) is 2.72. The number of hydrogen-bond acceptors (Lipinski definition) is 5. The van der Waals surface area contributed by atoms with Gasteiger partial charge in [0.1, 0.15) is 11.4 Å². The van der Waals surface area contributed by atoms with Crippen molar-refractivity contribution in [3.8, 4) is 0 Å². The van der Waals surface area contributed by atoms with E-state index < -0.39 is 5.60 Å². The molecule has 7 nitrogen and oxygen atoms in total. The van der Waals surface area contributed by atoms with Gasteiger partial charge < -0.3 is 21.1 Å². The molecule has 0 unspecified atom stereocenters. The Morgan fingerprint density at radius 2 is 2.06 bits per heavy atom. The van der Waals surface area contributed by atoms with Crippen molar-refractivity contribution < 1.29 is 9.53 Å². The van der Waals surface area contributed by atoms with Gasteiger partial charge in [0.2, 0.25) is 0 Å². The van der Waals surface area contributed by atoms with Crippen LogP contribution in [0.5, 0.6) is 0 Å². The largest absolute Gasteiger partial charge is 0.444 e. The molecule has 0 saturated carbocycles. The average molecular weight is 253 g/mol. The smallest absolute Gasteiger partial charge is 0.410 e. The average Bonchev–Trinajstić information content (AvgIpc) is 2.44. The first-order valence-electron chi connectivity index (χ1n) is 5.84. The van der Waals surface area contributed by atoms with Crippen LogP contribution in [0.2, 0.25) is 0 Å². The summed E-state index contributed by atoms with van der Waals surface area (Å²) in [5.41, 5.74) is 11.4. The molecule has 1 aromatic rings. The van der Waals surface area contributed by atoms with E-state index in [-0.39, 0.29) is 12.1 Å². The van der Waals surface area contributed by atoms with Gasteiger partial charge in [-0.3, -0.25) is 0 Å². The van der Waals surface area contributed by atoms with Crippen molar-refractivity contribution in [1.29, 1.82) is 0 Å². The van der Waals surface area contributed by atoms with E-state index in [1.165, 1.54) is 6.20 Å². The van der Waals surface area contributed by atoms with Crippen molar-refractivity contribution in [1.82, 2.24) is 14.7 Å². The second-order valence-corrected chi connectivity index (χ2v) is 5.47. The lowest BCUT2D eigenvalue weighted by Crippen LogP contribution is -2.52. The number of nitrogen functional groups attached to an aromatic ring is 2. The zero-order chi connectivity index (χ0) is 13.5. The molecule has 1 saturated heterocycles. The van der Waals surface area contributed by atoms with E-state index in [1.807, 2.05) is 20.8 Å². The number of hydrogen-bond donors (Lipinski definition) is 2. The lowest BCUT2D eigenvalue weighted by atomic mass is 10.1. The van der Waals surface area contributed by atoms with Crippen LogP contribution in [0.25, 0.3) is 0 Å². The molecule has 0 spiro atoms. The van der Waals surface area contributed by atoms with Crippen LogP contribution in [0.1, 0.15) is 26.8 Å². The normalized spacial score (nSPS) is 16.5. The summed E-state index contributed by atoms with van der Waals surface area (Å²) < 4.78 is 6.91. The van der Waals surface area contributed by atoms with Crippen LogP contribution in [0.4, 0.5) is 16.3 Å². The zero-order valence-corrected chi connectivity index (χ0v) is 10.9. The number of likely N-dealkylation sites (tertiary alicyclic amines) is 1. The number of rotatable bonds is 1. The number of amides is 1. The molecule has 4 N–H and O–H groups in total. The maximum atomic E-state index is 11.7. The lowest BCUT2D eigenvalue weighted by molar-refractivity contribution is -0.000105. The Morgan fingerprint density at radius 1 is 1.44 bits per heavy atom. The van der Waals surface area contributed by atoms with Crippen LogP contribution in [-0.2, 0) is 4.74 Å². The number of carbonyl (C=O) groups excluding carboxylic acids is 1. The molecule has 0 atom stereocenters. The number of nitrogens with two attached hydrogens (primary N) is 2. The summed E-state index contributed by atoms with van der Waals surface area (Å²) in [7, 11) is 0. The molecule has 100 valence electrons. The quantitative estimate of drug-likeness (QED) is 0.772. The maximum Gasteiger partial charge on any atom is 0.410 e. The number of anilines is 2. The topological polar surface area (TPSA) is 99.4 Å². The molecule has 18 heavy (non-hydrogen) atoms. The van der Waals surface area contributed by atoms with E-state index in [9.17, 15) is 4.79 Å². The first-order chi connectivity index (χ1) is 8.28. The Bertz CT molecular complexity index is 456. The van der Waals surface area contributed by atoms with E-state index in [1.54, 1.807) is 9.58 Å². The fourth-order valence-electron chi connectivity index (χ4n) is 1.76. The minimum Gasteiger partial charge on any atom is -0.444 e. The third kappa shape index (κ3) is 2.34. The van der Waals surface area contributed by atoms with Crippen molar-refractivity contribution >= 4 is 17.6 Å². The number of nitrogens with zero attached hydrogens (tertiary/aromatic N) is 3. The molecule has 2 heterocycles. The molecule has 0 radical (unpaired) electrons. The highest BCUT2D eigenvalue weighted by molar-refractivity contribution is 5.69. The summed E-state index contributed by atoms with van der Waals surface area (Å²) in [6.07, 6.45) is 1.21. The molecule has 0 aromatic carbocycles. The van der Waals surface area contributed by atoms with Gasteiger partial charge in [0.15, 0.2) is 0 Å². The Kier molecular flexibility index (Phi) is 2.84. The second kappa shape index (κ2) is 4.08. The fraction of sp³-hybridized carbons (Fsp3) is 0.636. The Hall–Kier alpha value is -1.92. The van der Waals surface area contributed by atoms with Gasteiger partial charge in [0.25, 0.3) is 0 Å². The molecule has 0 aliphatic carbocycles. The summed E-state index contributed by atoms with van der Waals surface area (Å²) in [4.78, 5) is 13.3. The highest BCUT2D eigenvalue weighted by Crippen LogP contribution is 2.27. The van der Waals surface area contributed by atoms with Gasteiger partial charge in [-0.2, -0.15) is 5.10 Å². The Morgan fingerprint density at radius 3 is 2.50 bits per heavy atom. The molecule has 1 fully saturated rings. The zero-order valence-electron chi connectivity index (χ0n) is 10.9. The number of aromatic nitrogens is 2. The standard InChI is InChI=1S/C11H19N5O2/c1-11(2,3)18-10(17)15-5-7(6-15)16-9(13)8(12)4-14-16/h4,7H,5-6,12-13H2,1-3H3. The molecular formula is C11H19N5O2. The number of carbonyl (C=O) groups is 1. The fourth-order valence-corrected chi connectivity index (χ4v) is 1.76. The van der Waals surface area contributed by atoms with Gasteiger partial charge in [-0.25, -0.2) is 9.48 Å². The van der Waals surface area contributed by atoms with Crippen LogP contribution in [0, 0.1) is 0 Å². The van der Waals surface area contributed by atoms with E-state index in [4.69, 9.17) is 16.2 Å². The summed E-state index contributed by atoms with van der Waals surface area (Å²) >= 11 is 0. The Balaban J connectivity index is 1.91. The molecular weight excluding hydrogens is 234 g/mol. The molecule has 0 bridgehead atoms. The third-order valence-corrected chi connectivity index (χ3v) is 2.72. The minimum absolute atomic E-state index is 0.0785. The van der Waals surface area contributed by atoms with Gasteiger partial charge in [0, 0.05) is 13.1 Å². The van der Waals surface area contributed by atoms with Gasteiger partial charge in [0.05, 0.1) is 17.9 Å². The van der Waals surface area contributed by atoms with E-state index in [2.05, 4.69) is 5.10 Å². The molecule has 1 aromatic heterocycles. The van der Waals surface area contributed by atoms with Crippen molar-refractivity contribution in [2.24, 2.45) is 0 Å². The molecule has 1 amide bonds. The van der Waals surface area contributed by atoms with Gasteiger partial charge >= 0.3 is 6.09 Å². The predicted octanol–water partition coefficient (Wildman–Crippen LogP) is 0.839. The van der Waals surface area contributed by atoms with E-state index >= 15 is 0 Å². The van der Waals surface area contributed by atoms with Crippen molar-refractivity contribution in [2.75, 3.05) is 24.6 Å². The highest BCUT2D eigenvalue weighted by atomic mass is 16.6. The summed E-state index contributed by atoms with van der Waals surface area (Å²) in [6, 6.07) is 0.0785. The SMILES string of the molecule is CC(C)(C)OC(=O)N1CC(n2ncc(N)c2N)C1. The van der Waals surface area contributed by atoms with Crippen LogP contribution in [0.15, 0.2) is 6.20 Å². The first-order valence-corrected chi connectivity index (χ1v) is 5.84. The summed E-state index contributed by atoms with van der Waals surface area (Å²) in [5.74, 6) is 0.448. The van der Waals surface area contributed by atoms with Crippen molar-refractivity contribution in [3.63, 3.8) is 0 Å². The summed E-state index contributed by atoms with van der Waals surface area (Å²) in [6.45, 7) is 6.61. The minimum atomic E-state index is -0.475. The molecule has 7 heteroatoms. The van der Waals surface area contributed by atoms with Crippen LogP contribution >= 0.6 is 0 Å².